The molecular weight excluding hydrogens is 344 g/mol. The summed E-state index contributed by atoms with van der Waals surface area (Å²) in [6.07, 6.45) is 3.73. The van der Waals surface area contributed by atoms with Crippen molar-refractivity contribution in [2.45, 2.75) is 31.0 Å². The molecule has 112 valence electrons. The van der Waals surface area contributed by atoms with E-state index in [2.05, 4.69) is 70.4 Å². The molecule has 0 saturated heterocycles. The second-order valence-corrected chi connectivity index (χ2v) is 7.43. The first kappa shape index (κ1) is 16.5. The summed E-state index contributed by atoms with van der Waals surface area (Å²) in [5, 5.41) is 3.46. The van der Waals surface area contributed by atoms with Crippen molar-refractivity contribution < 1.29 is 0 Å². The van der Waals surface area contributed by atoms with E-state index in [-0.39, 0.29) is 0 Å². The van der Waals surface area contributed by atoms with Crippen LogP contribution >= 0.6 is 27.7 Å². The van der Waals surface area contributed by atoms with Crippen molar-refractivity contribution in [2.24, 2.45) is 5.92 Å². The molecule has 0 radical (unpaired) electrons. The molecule has 0 aliphatic carbocycles. The van der Waals surface area contributed by atoms with Gasteiger partial charge in [-0.25, -0.2) is 0 Å². The second kappa shape index (κ2) is 8.57. The minimum Gasteiger partial charge on any atom is -0.312 e. The van der Waals surface area contributed by atoms with Crippen LogP contribution in [0.1, 0.15) is 25.0 Å². The van der Waals surface area contributed by atoms with Crippen LogP contribution in [0.4, 0.5) is 0 Å². The Morgan fingerprint density at radius 3 is 2.57 bits per heavy atom. The molecule has 1 aromatic heterocycles. The first-order chi connectivity index (χ1) is 10.1. The molecule has 1 N–H and O–H groups in total. The molecule has 2 aromatic rings. The molecule has 0 bridgehead atoms. The van der Waals surface area contributed by atoms with E-state index in [1.54, 1.807) is 0 Å². The van der Waals surface area contributed by atoms with Gasteiger partial charge in [0.15, 0.2) is 0 Å². The third-order valence-corrected chi connectivity index (χ3v) is 4.49. The van der Waals surface area contributed by atoms with E-state index in [4.69, 9.17) is 0 Å². The van der Waals surface area contributed by atoms with Crippen LogP contribution in [0.5, 0.6) is 0 Å². The fourth-order valence-electron chi connectivity index (χ4n) is 1.91. The monoisotopic (exact) mass is 364 g/mol. The quantitative estimate of drug-likeness (QED) is 0.708. The van der Waals surface area contributed by atoms with Crippen LogP contribution in [0, 0.1) is 5.92 Å². The molecule has 2 nitrogen and oxygen atoms in total. The standard InChI is InChI=1S/C17H21BrN2S/c1-13(2)8-19-9-14-3-5-17(6-4-14)21-12-15-7-16(18)11-20-10-15/h3-7,10-11,13,19H,8-9,12H2,1-2H3. The zero-order chi connectivity index (χ0) is 15.1. The van der Waals surface area contributed by atoms with Crippen LogP contribution in [-0.2, 0) is 12.3 Å². The molecule has 0 aliphatic heterocycles. The van der Waals surface area contributed by atoms with Gasteiger partial charge in [0.2, 0.25) is 0 Å². The van der Waals surface area contributed by atoms with Crippen molar-refractivity contribution >= 4 is 27.7 Å². The number of halogens is 1. The van der Waals surface area contributed by atoms with E-state index < -0.39 is 0 Å². The van der Waals surface area contributed by atoms with Gasteiger partial charge in [0.25, 0.3) is 0 Å². The Balaban J connectivity index is 1.82. The summed E-state index contributed by atoms with van der Waals surface area (Å²) in [5.74, 6) is 1.64. The van der Waals surface area contributed by atoms with Gasteiger partial charge in [-0.2, -0.15) is 0 Å². The van der Waals surface area contributed by atoms with E-state index in [9.17, 15) is 0 Å². The number of thioether (sulfide) groups is 1. The van der Waals surface area contributed by atoms with Crippen LogP contribution in [-0.4, -0.2) is 11.5 Å². The summed E-state index contributed by atoms with van der Waals surface area (Å²) in [5.41, 5.74) is 2.57. The summed E-state index contributed by atoms with van der Waals surface area (Å²) in [4.78, 5) is 5.48. The molecule has 0 atom stereocenters. The average Bonchev–Trinajstić information content (AvgIpc) is 2.46. The largest absolute Gasteiger partial charge is 0.312 e. The molecule has 4 heteroatoms. The smallest absolute Gasteiger partial charge is 0.0410 e. The van der Waals surface area contributed by atoms with Crippen molar-refractivity contribution in [1.82, 2.24) is 10.3 Å². The van der Waals surface area contributed by atoms with Gasteiger partial charge in [-0.1, -0.05) is 26.0 Å². The number of rotatable bonds is 7. The van der Waals surface area contributed by atoms with Crippen molar-refractivity contribution in [3.05, 3.63) is 58.3 Å². The van der Waals surface area contributed by atoms with Crippen LogP contribution in [0.15, 0.2) is 52.1 Å². The highest BCUT2D eigenvalue weighted by Gasteiger charge is 1.99. The number of hydrogen-bond donors (Lipinski definition) is 1. The van der Waals surface area contributed by atoms with Crippen molar-refractivity contribution in [2.75, 3.05) is 6.54 Å². The molecule has 2 rings (SSSR count). The Morgan fingerprint density at radius 1 is 1.14 bits per heavy atom. The van der Waals surface area contributed by atoms with Gasteiger partial charge in [-0.3, -0.25) is 4.98 Å². The highest BCUT2D eigenvalue weighted by atomic mass is 79.9. The van der Waals surface area contributed by atoms with Crippen LogP contribution in [0.25, 0.3) is 0 Å². The molecule has 1 heterocycles. The first-order valence-corrected chi connectivity index (χ1v) is 8.93. The maximum absolute atomic E-state index is 4.19. The van der Waals surface area contributed by atoms with Crippen LogP contribution in [0.3, 0.4) is 0 Å². The predicted octanol–water partition coefficient (Wildman–Crippen LogP) is 4.88. The van der Waals surface area contributed by atoms with Gasteiger partial charge in [0, 0.05) is 34.1 Å². The Kier molecular flexibility index (Phi) is 6.74. The van der Waals surface area contributed by atoms with Gasteiger partial charge < -0.3 is 5.32 Å². The summed E-state index contributed by atoms with van der Waals surface area (Å²) in [7, 11) is 0. The summed E-state index contributed by atoms with van der Waals surface area (Å²) >= 11 is 5.29. The number of nitrogens with one attached hydrogen (secondary N) is 1. The highest BCUT2D eigenvalue weighted by Crippen LogP contribution is 2.23. The van der Waals surface area contributed by atoms with E-state index in [1.807, 2.05) is 24.2 Å². The number of aromatic nitrogens is 1. The molecular formula is C17H21BrN2S. The number of hydrogen-bond acceptors (Lipinski definition) is 3. The van der Waals surface area contributed by atoms with E-state index in [1.165, 1.54) is 16.0 Å². The third-order valence-electron chi connectivity index (χ3n) is 2.97. The third kappa shape index (κ3) is 6.20. The van der Waals surface area contributed by atoms with E-state index in [0.717, 1.165) is 23.3 Å². The maximum Gasteiger partial charge on any atom is 0.0410 e. The highest BCUT2D eigenvalue weighted by molar-refractivity contribution is 9.10. The SMILES string of the molecule is CC(C)CNCc1ccc(SCc2cncc(Br)c2)cc1. The number of nitrogens with zero attached hydrogens (tertiary/aromatic N) is 1. The van der Waals surface area contributed by atoms with Crippen molar-refractivity contribution in [3.63, 3.8) is 0 Å². The summed E-state index contributed by atoms with van der Waals surface area (Å²) < 4.78 is 1.03. The second-order valence-electron chi connectivity index (χ2n) is 5.47. The zero-order valence-corrected chi connectivity index (χ0v) is 14.9. The lowest BCUT2D eigenvalue weighted by Crippen LogP contribution is -2.18. The maximum atomic E-state index is 4.19. The average molecular weight is 365 g/mol. The normalized spacial score (nSPS) is 11.0. The molecule has 0 spiro atoms. The minimum atomic E-state index is 0.693. The Morgan fingerprint density at radius 2 is 1.90 bits per heavy atom. The first-order valence-electron chi connectivity index (χ1n) is 7.15. The zero-order valence-electron chi connectivity index (χ0n) is 12.5. The lowest BCUT2D eigenvalue weighted by molar-refractivity contribution is 0.552. The van der Waals surface area contributed by atoms with Crippen molar-refractivity contribution in [1.29, 1.82) is 0 Å². The lowest BCUT2D eigenvalue weighted by atomic mass is 10.2. The topological polar surface area (TPSA) is 24.9 Å². The van der Waals surface area contributed by atoms with Crippen LogP contribution < -0.4 is 5.32 Å². The molecule has 0 amide bonds. The predicted molar refractivity (Wildman–Crippen MR) is 94.5 cm³/mol. The molecule has 0 fully saturated rings. The fourth-order valence-corrected chi connectivity index (χ4v) is 3.14. The van der Waals surface area contributed by atoms with Gasteiger partial charge in [-0.05, 0) is 57.7 Å². The molecule has 0 aliphatic rings. The van der Waals surface area contributed by atoms with Crippen molar-refractivity contribution in [3.8, 4) is 0 Å². The minimum absolute atomic E-state index is 0.693. The Labute approximate surface area is 139 Å². The van der Waals surface area contributed by atoms with Gasteiger partial charge in [-0.15, -0.1) is 11.8 Å². The summed E-state index contributed by atoms with van der Waals surface area (Å²) in [6, 6.07) is 10.9. The van der Waals surface area contributed by atoms with Gasteiger partial charge in [0.05, 0.1) is 0 Å². The Hall–Kier alpha value is -0.840. The Bertz CT molecular complexity index is 555. The molecule has 0 unspecified atom stereocenters. The fraction of sp³-hybridized carbons (Fsp3) is 0.353. The number of pyridine rings is 1. The molecule has 21 heavy (non-hydrogen) atoms. The number of benzene rings is 1. The molecule has 0 saturated carbocycles. The summed E-state index contributed by atoms with van der Waals surface area (Å²) in [6.45, 7) is 6.46. The van der Waals surface area contributed by atoms with E-state index in [0.29, 0.717) is 5.92 Å². The van der Waals surface area contributed by atoms with Gasteiger partial charge in [0.1, 0.15) is 0 Å². The van der Waals surface area contributed by atoms with Crippen LogP contribution in [0.2, 0.25) is 0 Å². The van der Waals surface area contributed by atoms with Gasteiger partial charge >= 0.3 is 0 Å². The van der Waals surface area contributed by atoms with E-state index >= 15 is 0 Å². The lowest BCUT2D eigenvalue weighted by Gasteiger charge is -2.08. The molecule has 1 aromatic carbocycles.